The Hall–Kier alpha value is -2.35. The number of hydrogen-bond donors (Lipinski definition) is 0. The molecule has 0 radical (unpaired) electrons. The van der Waals surface area contributed by atoms with Gasteiger partial charge in [-0.05, 0) is 24.5 Å². The van der Waals surface area contributed by atoms with Crippen molar-refractivity contribution in [3.8, 4) is 0 Å². The van der Waals surface area contributed by atoms with E-state index < -0.39 is 0 Å². The smallest absolute Gasteiger partial charge is 0.231 e. The number of nitrogens with zero attached hydrogens (tertiary/aromatic N) is 1. The molecule has 1 aliphatic rings. The van der Waals surface area contributed by atoms with E-state index >= 15 is 0 Å². The summed E-state index contributed by atoms with van der Waals surface area (Å²) in [6.45, 7) is 4.86. The Bertz CT molecular complexity index is 690. The molecule has 2 nitrogen and oxygen atoms in total. The summed E-state index contributed by atoms with van der Waals surface area (Å²) in [7, 11) is 0. The van der Waals surface area contributed by atoms with Gasteiger partial charge in [0.2, 0.25) is 5.91 Å². The van der Waals surface area contributed by atoms with Gasteiger partial charge in [-0.15, -0.1) is 0 Å². The van der Waals surface area contributed by atoms with Crippen LogP contribution < -0.4 is 0 Å². The molecule has 0 fully saturated rings. The fourth-order valence-corrected chi connectivity index (χ4v) is 3.47. The molecule has 0 saturated carbocycles. The van der Waals surface area contributed by atoms with Gasteiger partial charge in [-0.2, -0.15) is 0 Å². The van der Waals surface area contributed by atoms with Crippen molar-refractivity contribution in [2.24, 2.45) is 5.92 Å². The predicted molar refractivity (Wildman–Crippen MR) is 94.8 cm³/mol. The lowest BCUT2D eigenvalue weighted by Gasteiger charge is -2.37. The van der Waals surface area contributed by atoms with E-state index in [1.807, 2.05) is 36.1 Å². The summed E-state index contributed by atoms with van der Waals surface area (Å²) in [6.07, 6.45) is 3.14. The van der Waals surface area contributed by atoms with E-state index in [9.17, 15) is 4.79 Å². The van der Waals surface area contributed by atoms with Crippen molar-refractivity contribution >= 4 is 11.6 Å². The summed E-state index contributed by atoms with van der Waals surface area (Å²) in [6, 6.07) is 20.6. The van der Waals surface area contributed by atoms with Crippen molar-refractivity contribution in [2.45, 2.75) is 26.2 Å². The molecule has 2 atom stereocenters. The number of carbonyl (C=O) groups is 1. The molecule has 118 valence electrons. The van der Waals surface area contributed by atoms with Crippen LogP contribution in [0.25, 0.3) is 5.70 Å². The third-order valence-corrected chi connectivity index (χ3v) is 4.66. The topological polar surface area (TPSA) is 20.3 Å². The molecular formula is C21H23NO. The quantitative estimate of drug-likeness (QED) is 0.802. The Morgan fingerprint density at radius 2 is 1.52 bits per heavy atom. The molecule has 2 aromatic rings. The van der Waals surface area contributed by atoms with Crippen LogP contribution in [0.3, 0.4) is 0 Å². The van der Waals surface area contributed by atoms with Crippen LogP contribution >= 0.6 is 0 Å². The first kappa shape index (κ1) is 15.5. The Kier molecular flexibility index (Phi) is 4.61. The molecule has 2 unspecified atom stereocenters. The monoisotopic (exact) mass is 305 g/mol. The van der Waals surface area contributed by atoms with E-state index in [2.05, 4.69) is 49.4 Å². The molecule has 0 saturated heterocycles. The van der Waals surface area contributed by atoms with E-state index in [-0.39, 0.29) is 17.7 Å². The van der Waals surface area contributed by atoms with Gasteiger partial charge in [0.15, 0.2) is 0 Å². The maximum absolute atomic E-state index is 13.0. The van der Waals surface area contributed by atoms with E-state index in [1.54, 1.807) is 0 Å². The summed E-state index contributed by atoms with van der Waals surface area (Å²) < 4.78 is 0. The molecule has 1 heterocycles. The molecule has 2 heteroatoms. The highest BCUT2D eigenvalue weighted by atomic mass is 16.2. The van der Waals surface area contributed by atoms with Gasteiger partial charge in [0.25, 0.3) is 0 Å². The maximum atomic E-state index is 13.0. The zero-order chi connectivity index (χ0) is 16.2. The highest BCUT2D eigenvalue weighted by Crippen LogP contribution is 2.39. The lowest BCUT2D eigenvalue weighted by Crippen LogP contribution is -2.40. The molecule has 0 bridgehead atoms. The number of hydrogen-bond acceptors (Lipinski definition) is 1. The Morgan fingerprint density at radius 3 is 2.09 bits per heavy atom. The maximum Gasteiger partial charge on any atom is 0.231 e. The summed E-state index contributed by atoms with van der Waals surface area (Å²) >= 11 is 0. The fraction of sp³-hybridized carbons (Fsp3) is 0.286. The van der Waals surface area contributed by atoms with Gasteiger partial charge in [0.05, 0.1) is 0 Å². The van der Waals surface area contributed by atoms with E-state index in [0.717, 1.165) is 17.7 Å². The standard InChI is InChI=1S/C21H23NO/c1-3-18-19(16-11-7-5-8-12-16)15-20(22(4-2)21(18)23)17-13-9-6-10-14-17/h5-15,18-19H,3-4H2,1-2H3. The minimum absolute atomic E-state index is 0.0183. The summed E-state index contributed by atoms with van der Waals surface area (Å²) in [5.41, 5.74) is 3.37. The van der Waals surface area contributed by atoms with Crippen LogP contribution in [0, 0.1) is 5.92 Å². The van der Waals surface area contributed by atoms with E-state index in [4.69, 9.17) is 0 Å². The van der Waals surface area contributed by atoms with Gasteiger partial charge in [-0.25, -0.2) is 0 Å². The van der Waals surface area contributed by atoms with Gasteiger partial charge in [-0.3, -0.25) is 4.79 Å². The average molecular weight is 305 g/mol. The molecular weight excluding hydrogens is 282 g/mol. The minimum atomic E-state index is 0.0183. The SMILES string of the molecule is CCC1C(=O)N(CC)C(c2ccccc2)=CC1c1ccccc1. The van der Waals surface area contributed by atoms with Crippen molar-refractivity contribution in [1.29, 1.82) is 0 Å². The lowest BCUT2D eigenvalue weighted by molar-refractivity contribution is -0.133. The number of carbonyl (C=O) groups excluding carboxylic acids is 1. The number of rotatable bonds is 4. The largest absolute Gasteiger partial charge is 0.312 e. The van der Waals surface area contributed by atoms with Gasteiger partial charge < -0.3 is 4.90 Å². The van der Waals surface area contributed by atoms with Crippen molar-refractivity contribution in [3.63, 3.8) is 0 Å². The van der Waals surface area contributed by atoms with Crippen LogP contribution in [0.15, 0.2) is 66.7 Å². The fourth-order valence-electron chi connectivity index (χ4n) is 3.47. The number of amides is 1. The second-order valence-corrected chi connectivity index (χ2v) is 5.95. The van der Waals surface area contributed by atoms with Gasteiger partial charge in [-0.1, -0.05) is 73.7 Å². The van der Waals surface area contributed by atoms with E-state index in [1.165, 1.54) is 5.56 Å². The van der Waals surface area contributed by atoms with Crippen LogP contribution in [0.1, 0.15) is 37.3 Å². The number of allylic oxidation sites excluding steroid dienone is 1. The van der Waals surface area contributed by atoms with E-state index in [0.29, 0.717) is 6.54 Å². The summed E-state index contributed by atoms with van der Waals surface area (Å²) in [5, 5.41) is 0. The Morgan fingerprint density at radius 1 is 0.913 bits per heavy atom. The van der Waals surface area contributed by atoms with Crippen LogP contribution in [-0.2, 0) is 4.79 Å². The first-order chi connectivity index (χ1) is 11.3. The van der Waals surface area contributed by atoms with Crippen molar-refractivity contribution in [3.05, 3.63) is 77.9 Å². The molecule has 0 aliphatic carbocycles. The minimum Gasteiger partial charge on any atom is -0.312 e. The molecule has 0 aromatic heterocycles. The summed E-state index contributed by atoms with van der Waals surface area (Å²) in [4.78, 5) is 15.0. The molecule has 3 rings (SSSR count). The van der Waals surface area contributed by atoms with Crippen LogP contribution in [0.4, 0.5) is 0 Å². The van der Waals surface area contributed by atoms with Crippen LogP contribution in [-0.4, -0.2) is 17.4 Å². The van der Waals surface area contributed by atoms with Crippen LogP contribution in [0.5, 0.6) is 0 Å². The highest BCUT2D eigenvalue weighted by molar-refractivity contribution is 5.92. The number of benzene rings is 2. The second kappa shape index (κ2) is 6.82. The molecule has 0 N–H and O–H groups in total. The van der Waals surface area contributed by atoms with Gasteiger partial charge in [0.1, 0.15) is 0 Å². The molecule has 0 spiro atoms. The first-order valence-corrected chi connectivity index (χ1v) is 8.39. The van der Waals surface area contributed by atoms with Crippen molar-refractivity contribution < 1.29 is 4.79 Å². The third-order valence-electron chi connectivity index (χ3n) is 4.66. The Balaban J connectivity index is 2.12. The molecule has 1 amide bonds. The van der Waals surface area contributed by atoms with Gasteiger partial charge >= 0.3 is 0 Å². The predicted octanol–water partition coefficient (Wildman–Crippen LogP) is 4.70. The highest BCUT2D eigenvalue weighted by Gasteiger charge is 2.36. The molecule has 2 aromatic carbocycles. The molecule has 23 heavy (non-hydrogen) atoms. The molecule has 1 aliphatic heterocycles. The zero-order valence-corrected chi connectivity index (χ0v) is 13.8. The first-order valence-electron chi connectivity index (χ1n) is 8.39. The van der Waals surface area contributed by atoms with Crippen LogP contribution in [0.2, 0.25) is 0 Å². The van der Waals surface area contributed by atoms with Gasteiger partial charge in [0, 0.05) is 24.1 Å². The Labute approximate surface area is 138 Å². The lowest BCUT2D eigenvalue weighted by atomic mass is 9.79. The second-order valence-electron chi connectivity index (χ2n) is 5.95. The summed E-state index contributed by atoms with van der Waals surface area (Å²) in [5.74, 6) is 0.404. The zero-order valence-electron chi connectivity index (χ0n) is 13.8. The normalized spacial score (nSPS) is 21.2. The average Bonchev–Trinajstić information content (AvgIpc) is 2.62. The van der Waals surface area contributed by atoms with Crippen molar-refractivity contribution in [1.82, 2.24) is 4.90 Å². The third kappa shape index (κ3) is 2.94. The van der Waals surface area contributed by atoms with Crippen molar-refractivity contribution in [2.75, 3.05) is 6.54 Å².